The van der Waals surface area contributed by atoms with Gasteiger partial charge in [0.2, 0.25) is 5.88 Å². The van der Waals surface area contributed by atoms with Crippen molar-refractivity contribution in [3.8, 4) is 5.88 Å². The first-order valence-electron chi connectivity index (χ1n) is 6.65. The van der Waals surface area contributed by atoms with Crippen LogP contribution >= 0.6 is 23.1 Å². The first kappa shape index (κ1) is 14.3. The van der Waals surface area contributed by atoms with Gasteiger partial charge in [-0.1, -0.05) is 0 Å². The van der Waals surface area contributed by atoms with E-state index in [4.69, 9.17) is 4.74 Å². The average molecular weight is 321 g/mol. The normalized spacial score (nSPS) is 17.7. The van der Waals surface area contributed by atoms with Crippen molar-refractivity contribution in [2.45, 2.75) is 19.4 Å². The Kier molecular flexibility index (Phi) is 4.40. The smallest absolute Gasteiger partial charge is 0.262 e. The number of amides is 1. The molecule has 1 aliphatic heterocycles. The van der Waals surface area contributed by atoms with Crippen LogP contribution in [0.5, 0.6) is 5.88 Å². The minimum Gasteiger partial charge on any atom is -0.473 e. The van der Waals surface area contributed by atoms with Gasteiger partial charge in [-0.2, -0.15) is 11.8 Å². The minimum absolute atomic E-state index is 0.138. The number of thioether (sulfide) groups is 1. The summed E-state index contributed by atoms with van der Waals surface area (Å²) in [6, 6.07) is 3.46. The monoisotopic (exact) mass is 321 g/mol. The van der Waals surface area contributed by atoms with Crippen molar-refractivity contribution in [2.24, 2.45) is 0 Å². The molecule has 0 spiro atoms. The number of hydrogen-bond donors (Lipinski definition) is 1. The molecule has 2 aromatic rings. The van der Waals surface area contributed by atoms with Gasteiger partial charge < -0.3 is 4.74 Å². The lowest BCUT2D eigenvalue weighted by Gasteiger charge is -2.14. The Balaban J connectivity index is 1.75. The number of aromatic nitrogens is 2. The molecular formula is C14H15N3O2S2. The van der Waals surface area contributed by atoms with Crippen LogP contribution in [0.4, 0.5) is 5.13 Å². The molecule has 1 aliphatic rings. The van der Waals surface area contributed by atoms with Gasteiger partial charge in [-0.05, 0) is 31.2 Å². The molecule has 1 amide bonds. The van der Waals surface area contributed by atoms with E-state index in [1.165, 1.54) is 11.3 Å². The summed E-state index contributed by atoms with van der Waals surface area (Å²) in [6.45, 7) is 1.95. The zero-order valence-electron chi connectivity index (χ0n) is 11.5. The van der Waals surface area contributed by atoms with Crippen molar-refractivity contribution < 1.29 is 9.53 Å². The largest absolute Gasteiger partial charge is 0.473 e. The Labute approximate surface area is 131 Å². The highest BCUT2D eigenvalue weighted by atomic mass is 32.2. The Bertz CT molecular complexity index is 639. The fourth-order valence-corrected chi connectivity index (χ4v) is 3.75. The molecule has 0 aliphatic carbocycles. The third kappa shape index (κ3) is 3.54. The van der Waals surface area contributed by atoms with Crippen LogP contribution in [0.1, 0.15) is 21.7 Å². The maximum Gasteiger partial charge on any atom is 0.262 e. The van der Waals surface area contributed by atoms with E-state index in [2.05, 4.69) is 15.3 Å². The number of nitrogens with zero attached hydrogens (tertiary/aromatic N) is 2. The number of carbonyl (C=O) groups is 1. The number of nitrogens with one attached hydrogen (secondary N) is 1. The van der Waals surface area contributed by atoms with Crippen molar-refractivity contribution in [1.82, 2.24) is 9.97 Å². The summed E-state index contributed by atoms with van der Waals surface area (Å²) in [7, 11) is 0. The van der Waals surface area contributed by atoms with Gasteiger partial charge >= 0.3 is 0 Å². The zero-order chi connectivity index (χ0) is 14.7. The van der Waals surface area contributed by atoms with Gasteiger partial charge in [0, 0.05) is 23.0 Å². The van der Waals surface area contributed by atoms with Crippen LogP contribution < -0.4 is 10.1 Å². The standard InChI is InChI=1S/C14H15N3O2S2/c1-9-7-16-14(21-9)17-12(18)11-3-2-5-15-13(11)19-10-4-6-20-8-10/h2-3,5,7,10H,4,6,8H2,1H3,(H,16,17,18). The maximum atomic E-state index is 12.3. The van der Waals surface area contributed by atoms with E-state index < -0.39 is 0 Å². The molecule has 1 N–H and O–H groups in total. The molecule has 0 radical (unpaired) electrons. The van der Waals surface area contributed by atoms with Crippen LogP contribution in [0.2, 0.25) is 0 Å². The van der Waals surface area contributed by atoms with Gasteiger partial charge in [0.05, 0.1) is 0 Å². The van der Waals surface area contributed by atoms with E-state index in [9.17, 15) is 4.79 Å². The fraction of sp³-hybridized carbons (Fsp3) is 0.357. The molecule has 1 atom stereocenters. The first-order valence-corrected chi connectivity index (χ1v) is 8.62. The van der Waals surface area contributed by atoms with Gasteiger partial charge in [0.25, 0.3) is 5.91 Å². The second-order valence-electron chi connectivity index (χ2n) is 4.69. The van der Waals surface area contributed by atoms with E-state index in [0.29, 0.717) is 16.6 Å². The average Bonchev–Trinajstić information content (AvgIpc) is 3.11. The molecule has 0 aromatic carbocycles. The summed E-state index contributed by atoms with van der Waals surface area (Å²) in [4.78, 5) is 21.7. The molecule has 21 heavy (non-hydrogen) atoms. The van der Waals surface area contributed by atoms with Crippen LogP contribution in [-0.2, 0) is 0 Å². The number of carbonyl (C=O) groups excluding carboxylic acids is 1. The number of ether oxygens (including phenoxy) is 1. The highest BCUT2D eigenvalue weighted by Crippen LogP contribution is 2.25. The van der Waals surface area contributed by atoms with Crippen molar-refractivity contribution in [1.29, 1.82) is 0 Å². The molecule has 3 rings (SSSR count). The van der Waals surface area contributed by atoms with Crippen molar-refractivity contribution in [3.63, 3.8) is 0 Å². The van der Waals surface area contributed by atoms with E-state index in [-0.39, 0.29) is 12.0 Å². The lowest BCUT2D eigenvalue weighted by molar-refractivity contribution is 0.101. The fourth-order valence-electron chi connectivity index (χ4n) is 2.00. The predicted molar refractivity (Wildman–Crippen MR) is 85.4 cm³/mol. The molecule has 7 heteroatoms. The lowest BCUT2D eigenvalue weighted by atomic mass is 10.2. The van der Waals surface area contributed by atoms with Crippen LogP contribution in [0.25, 0.3) is 0 Å². The Morgan fingerprint density at radius 2 is 2.38 bits per heavy atom. The van der Waals surface area contributed by atoms with Crippen LogP contribution in [-0.4, -0.2) is 33.5 Å². The maximum absolute atomic E-state index is 12.3. The summed E-state index contributed by atoms with van der Waals surface area (Å²) >= 11 is 3.30. The Hall–Kier alpha value is -1.60. The molecule has 110 valence electrons. The van der Waals surface area contributed by atoms with Gasteiger partial charge in [0.15, 0.2) is 5.13 Å². The van der Waals surface area contributed by atoms with Gasteiger partial charge in [-0.25, -0.2) is 9.97 Å². The number of thiazole rings is 1. The zero-order valence-corrected chi connectivity index (χ0v) is 13.2. The lowest BCUT2D eigenvalue weighted by Crippen LogP contribution is -2.20. The highest BCUT2D eigenvalue weighted by molar-refractivity contribution is 7.99. The van der Waals surface area contributed by atoms with Crippen LogP contribution in [0.15, 0.2) is 24.5 Å². The molecule has 5 nitrogen and oxygen atoms in total. The van der Waals surface area contributed by atoms with Crippen molar-refractivity contribution >= 4 is 34.1 Å². The number of anilines is 1. The Morgan fingerprint density at radius 1 is 1.48 bits per heavy atom. The molecular weight excluding hydrogens is 306 g/mol. The first-order chi connectivity index (χ1) is 10.2. The van der Waals surface area contributed by atoms with Gasteiger partial charge in [-0.3, -0.25) is 10.1 Å². The van der Waals surface area contributed by atoms with E-state index in [1.54, 1.807) is 24.5 Å². The van der Waals surface area contributed by atoms with Gasteiger partial charge in [-0.15, -0.1) is 11.3 Å². The third-order valence-electron chi connectivity index (χ3n) is 3.02. The molecule has 2 aromatic heterocycles. The number of rotatable bonds is 4. The summed E-state index contributed by atoms with van der Waals surface area (Å²) in [5, 5.41) is 3.37. The molecule has 1 saturated heterocycles. The molecule has 3 heterocycles. The molecule has 0 saturated carbocycles. The summed E-state index contributed by atoms with van der Waals surface area (Å²) in [6.07, 6.45) is 4.51. The molecule has 1 fully saturated rings. The second-order valence-corrected chi connectivity index (χ2v) is 7.07. The van der Waals surface area contributed by atoms with Crippen LogP contribution in [0, 0.1) is 6.92 Å². The Morgan fingerprint density at radius 3 is 3.10 bits per heavy atom. The summed E-state index contributed by atoms with van der Waals surface area (Å²) in [5.41, 5.74) is 0.447. The van der Waals surface area contributed by atoms with E-state index >= 15 is 0 Å². The van der Waals surface area contributed by atoms with E-state index in [0.717, 1.165) is 22.8 Å². The van der Waals surface area contributed by atoms with Gasteiger partial charge in [0.1, 0.15) is 11.7 Å². The quantitative estimate of drug-likeness (QED) is 0.938. The van der Waals surface area contributed by atoms with Crippen LogP contribution in [0.3, 0.4) is 0 Å². The van der Waals surface area contributed by atoms with Crippen molar-refractivity contribution in [2.75, 3.05) is 16.8 Å². The molecule has 0 bridgehead atoms. The highest BCUT2D eigenvalue weighted by Gasteiger charge is 2.21. The predicted octanol–water partition coefficient (Wildman–Crippen LogP) is 2.98. The number of hydrogen-bond acceptors (Lipinski definition) is 6. The van der Waals surface area contributed by atoms with E-state index in [1.807, 2.05) is 18.7 Å². The SMILES string of the molecule is Cc1cnc(NC(=O)c2cccnc2OC2CCSC2)s1. The minimum atomic E-state index is -0.238. The second kappa shape index (κ2) is 6.44. The summed E-state index contributed by atoms with van der Waals surface area (Å²) in [5.74, 6) is 2.20. The topological polar surface area (TPSA) is 64.1 Å². The van der Waals surface area contributed by atoms with Crippen molar-refractivity contribution in [3.05, 3.63) is 35.0 Å². The summed E-state index contributed by atoms with van der Waals surface area (Å²) < 4.78 is 5.86. The third-order valence-corrected chi connectivity index (χ3v) is 4.98. The number of aryl methyl sites for hydroxylation is 1. The molecule has 1 unspecified atom stereocenters. The number of pyridine rings is 1.